The van der Waals surface area contributed by atoms with Gasteiger partial charge in [-0.15, -0.1) is 0 Å². The molecule has 0 aromatic heterocycles. The van der Waals surface area contributed by atoms with Crippen LogP contribution in [-0.2, 0) is 16.6 Å². The van der Waals surface area contributed by atoms with Crippen LogP contribution >= 0.6 is 0 Å². The molecule has 0 unspecified atom stereocenters. The summed E-state index contributed by atoms with van der Waals surface area (Å²) in [6.07, 6.45) is 5.75. The van der Waals surface area contributed by atoms with Crippen LogP contribution in [0.25, 0.3) is 0 Å². The third-order valence-electron chi connectivity index (χ3n) is 3.77. The first-order valence-corrected chi connectivity index (χ1v) is 8.97. The van der Waals surface area contributed by atoms with Gasteiger partial charge in [-0.05, 0) is 43.4 Å². The van der Waals surface area contributed by atoms with E-state index in [1.165, 1.54) is 5.56 Å². The minimum atomic E-state index is -3.35. The van der Waals surface area contributed by atoms with Crippen LogP contribution in [0.3, 0.4) is 0 Å². The highest BCUT2D eigenvalue weighted by molar-refractivity contribution is 7.87. The summed E-state index contributed by atoms with van der Waals surface area (Å²) in [5, 5.41) is 0. The Labute approximate surface area is 127 Å². The van der Waals surface area contributed by atoms with Crippen LogP contribution < -0.4 is 14.2 Å². The van der Waals surface area contributed by atoms with Crippen LogP contribution in [0.4, 0.5) is 0 Å². The van der Waals surface area contributed by atoms with E-state index in [2.05, 4.69) is 9.44 Å². The highest BCUT2D eigenvalue weighted by Crippen LogP contribution is 2.18. The number of rotatable bonds is 8. The van der Waals surface area contributed by atoms with Crippen molar-refractivity contribution in [3.8, 4) is 5.75 Å². The number of benzene rings is 1. The zero-order valence-electron chi connectivity index (χ0n) is 12.5. The predicted octanol–water partition coefficient (Wildman–Crippen LogP) is 1.99. The van der Waals surface area contributed by atoms with Gasteiger partial charge in [0.05, 0.1) is 7.11 Å². The number of methoxy groups -OCH3 is 1. The first-order valence-electron chi connectivity index (χ1n) is 7.49. The molecule has 0 spiro atoms. The van der Waals surface area contributed by atoms with Gasteiger partial charge in [0.1, 0.15) is 5.75 Å². The maximum absolute atomic E-state index is 11.8. The van der Waals surface area contributed by atoms with Gasteiger partial charge >= 0.3 is 0 Å². The maximum Gasteiger partial charge on any atom is 0.277 e. The smallest absolute Gasteiger partial charge is 0.277 e. The molecule has 0 aliphatic heterocycles. The van der Waals surface area contributed by atoms with Crippen LogP contribution in [0.5, 0.6) is 5.75 Å². The normalized spacial score (nSPS) is 16.2. The van der Waals surface area contributed by atoms with Crippen molar-refractivity contribution in [2.45, 2.75) is 44.6 Å². The van der Waals surface area contributed by atoms with Crippen LogP contribution in [-0.4, -0.2) is 28.1 Å². The molecule has 6 heteroatoms. The molecule has 5 nitrogen and oxygen atoms in total. The van der Waals surface area contributed by atoms with Gasteiger partial charge in [-0.3, -0.25) is 0 Å². The van der Waals surface area contributed by atoms with Gasteiger partial charge in [0.15, 0.2) is 0 Å². The SMILES string of the molecule is COc1ccc(CCCNS(=O)(=O)NC2CCCC2)cc1. The summed E-state index contributed by atoms with van der Waals surface area (Å²) in [6.45, 7) is 0.452. The summed E-state index contributed by atoms with van der Waals surface area (Å²) in [7, 11) is -1.71. The van der Waals surface area contributed by atoms with Crippen molar-refractivity contribution < 1.29 is 13.2 Å². The Hall–Kier alpha value is -1.11. The molecular formula is C15H24N2O3S. The van der Waals surface area contributed by atoms with E-state index in [9.17, 15) is 8.42 Å². The fourth-order valence-electron chi connectivity index (χ4n) is 2.60. The first-order chi connectivity index (χ1) is 10.1. The topological polar surface area (TPSA) is 67.4 Å². The van der Waals surface area contributed by atoms with E-state index >= 15 is 0 Å². The molecule has 0 heterocycles. The van der Waals surface area contributed by atoms with Crippen molar-refractivity contribution in [1.82, 2.24) is 9.44 Å². The van der Waals surface area contributed by atoms with Crippen LogP contribution in [0.15, 0.2) is 24.3 Å². The van der Waals surface area contributed by atoms with Gasteiger partial charge in [0, 0.05) is 12.6 Å². The van der Waals surface area contributed by atoms with Crippen LogP contribution in [0, 0.1) is 0 Å². The summed E-state index contributed by atoms with van der Waals surface area (Å²) < 4.78 is 34.1. The first kappa shape index (κ1) is 16.3. The number of hydrogen-bond donors (Lipinski definition) is 2. The lowest BCUT2D eigenvalue weighted by atomic mass is 10.1. The van der Waals surface area contributed by atoms with Crippen molar-refractivity contribution >= 4 is 10.2 Å². The Bertz CT molecular complexity index is 522. The molecule has 1 aromatic rings. The molecule has 0 radical (unpaired) electrons. The summed E-state index contributed by atoms with van der Waals surface area (Å²) >= 11 is 0. The Morgan fingerprint density at radius 3 is 2.48 bits per heavy atom. The molecule has 0 atom stereocenters. The van der Waals surface area contributed by atoms with Gasteiger partial charge in [0.25, 0.3) is 10.2 Å². The van der Waals surface area contributed by atoms with E-state index in [0.29, 0.717) is 6.54 Å². The van der Waals surface area contributed by atoms with Crippen molar-refractivity contribution in [3.05, 3.63) is 29.8 Å². The highest BCUT2D eigenvalue weighted by Gasteiger charge is 2.20. The lowest BCUT2D eigenvalue weighted by molar-refractivity contribution is 0.414. The van der Waals surface area contributed by atoms with Crippen molar-refractivity contribution in [2.24, 2.45) is 0 Å². The third kappa shape index (κ3) is 5.65. The lowest BCUT2D eigenvalue weighted by Gasteiger charge is -2.13. The zero-order chi connectivity index (χ0) is 15.1. The number of nitrogens with one attached hydrogen (secondary N) is 2. The minimum absolute atomic E-state index is 0.115. The second-order valence-electron chi connectivity index (χ2n) is 5.45. The van der Waals surface area contributed by atoms with E-state index in [1.807, 2.05) is 24.3 Å². The Morgan fingerprint density at radius 1 is 1.19 bits per heavy atom. The third-order valence-corrected chi connectivity index (χ3v) is 5.00. The molecule has 0 saturated heterocycles. The average Bonchev–Trinajstić information content (AvgIpc) is 2.96. The van der Waals surface area contributed by atoms with E-state index in [4.69, 9.17) is 4.74 Å². The maximum atomic E-state index is 11.8. The number of ether oxygens (including phenoxy) is 1. The van der Waals surface area contributed by atoms with E-state index < -0.39 is 10.2 Å². The molecule has 1 saturated carbocycles. The van der Waals surface area contributed by atoms with E-state index in [-0.39, 0.29) is 6.04 Å². The molecule has 1 aromatic carbocycles. The monoisotopic (exact) mass is 312 g/mol. The second-order valence-corrected chi connectivity index (χ2v) is 6.98. The van der Waals surface area contributed by atoms with Gasteiger partial charge in [-0.1, -0.05) is 25.0 Å². The van der Waals surface area contributed by atoms with Crippen molar-refractivity contribution in [3.63, 3.8) is 0 Å². The second kappa shape index (κ2) is 7.77. The molecule has 0 bridgehead atoms. The molecule has 1 aliphatic rings. The van der Waals surface area contributed by atoms with Crippen LogP contribution in [0.2, 0.25) is 0 Å². The summed E-state index contributed by atoms with van der Waals surface area (Å²) in [5.74, 6) is 0.834. The largest absolute Gasteiger partial charge is 0.497 e. The number of aryl methyl sites for hydroxylation is 1. The standard InChI is InChI=1S/C15H24N2O3S/c1-20-15-10-8-13(9-11-15)5-4-12-16-21(18,19)17-14-6-2-3-7-14/h8-11,14,16-17H,2-7,12H2,1H3. The van der Waals surface area contributed by atoms with Gasteiger partial charge < -0.3 is 4.74 Å². The van der Waals surface area contributed by atoms with Gasteiger partial charge in [0.2, 0.25) is 0 Å². The van der Waals surface area contributed by atoms with Crippen molar-refractivity contribution in [2.75, 3.05) is 13.7 Å². The molecule has 2 rings (SSSR count). The van der Waals surface area contributed by atoms with Crippen molar-refractivity contribution in [1.29, 1.82) is 0 Å². The Kier molecular flexibility index (Phi) is 6.02. The molecule has 118 valence electrons. The summed E-state index contributed by atoms with van der Waals surface area (Å²) in [4.78, 5) is 0. The molecule has 1 fully saturated rings. The fourth-order valence-corrected chi connectivity index (χ4v) is 3.77. The quantitative estimate of drug-likeness (QED) is 0.721. The molecule has 2 N–H and O–H groups in total. The summed E-state index contributed by atoms with van der Waals surface area (Å²) in [5.41, 5.74) is 1.18. The van der Waals surface area contributed by atoms with Gasteiger partial charge in [-0.25, -0.2) is 4.72 Å². The predicted molar refractivity (Wildman–Crippen MR) is 83.6 cm³/mol. The molecular weight excluding hydrogens is 288 g/mol. The molecule has 0 amide bonds. The minimum Gasteiger partial charge on any atom is -0.497 e. The molecule has 1 aliphatic carbocycles. The number of hydrogen-bond acceptors (Lipinski definition) is 3. The van der Waals surface area contributed by atoms with E-state index in [1.54, 1.807) is 7.11 Å². The summed E-state index contributed by atoms with van der Waals surface area (Å²) in [6, 6.07) is 7.96. The molecule has 21 heavy (non-hydrogen) atoms. The lowest BCUT2D eigenvalue weighted by Crippen LogP contribution is -2.42. The zero-order valence-corrected chi connectivity index (χ0v) is 13.3. The highest BCUT2D eigenvalue weighted by atomic mass is 32.2. The van der Waals surface area contributed by atoms with Gasteiger partial charge in [-0.2, -0.15) is 13.1 Å². The van der Waals surface area contributed by atoms with E-state index in [0.717, 1.165) is 44.3 Å². The fraction of sp³-hybridized carbons (Fsp3) is 0.600. The van der Waals surface area contributed by atoms with Crippen LogP contribution in [0.1, 0.15) is 37.7 Å². The Balaban J connectivity index is 1.68. The Morgan fingerprint density at radius 2 is 1.86 bits per heavy atom. The average molecular weight is 312 g/mol.